The van der Waals surface area contributed by atoms with Crippen LogP contribution in [0.25, 0.3) is 39.0 Å². The molecule has 0 unspecified atom stereocenters. The van der Waals surface area contributed by atoms with Crippen LogP contribution in [0.5, 0.6) is 0 Å². The topological polar surface area (TPSA) is 46.0 Å². The summed E-state index contributed by atoms with van der Waals surface area (Å²) < 4.78 is 0. The molecular weight excluding hydrogens is 332 g/mol. The summed E-state index contributed by atoms with van der Waals surface area (Å²) in [4.78, 5) is 9.62. The summed E-state index contributed by atoms with van der Waals surface area (Å²) in [6, 6.07) is 29.5. The predicted octanol–water partition coefficient (Wildman–Crippen LogP) is 4.88. The first kappa shape index (κ1) is 15.5. The van der Waals surface area contributed by atoms with Crippen molar-refractivity contribution in [2.45, 2.75) is 0 Å². The van der Waals surface area contributed by atoms with Crippen LogP contribution in [-0.2, 0) is 0 Å². The maximum Gasteiger partial charge on any atom is 0.160 e. The number of nitrogens with zero attached hydrogens (tertiary/aromatic N) is 2. The number of aromatic nitrogens is 2. The molecule has 0 bridgehead atoms. The van der Waals surface area contributed by atoms with E-state index in [1.54, 1.807) is 0 Å². The van der Waals surface area contributed by atoms with Crippen molar-refractivity contribution in [2.24, 2.45) is 0 Å². The van der Waals surface area contributed by atoms with E-state index in [4.69, 9.17) is 9.97 Å². The Morgan fingerprint density at radius 1 is 0.667 bits per heavy atom. The minimum absolute atomic E-state index is 0.223. The second-order valence-corrected chi connectivity index (χ2v) is 6.46. The molecule has 0 aliphatic heterocycles. The smallest absolute Gasteiger partial charge is 0.160 e. The Bertz CT molecular complexity index is 1310. The summed E-state index contributed by atoms with van der Waals surface area (Å²) in [6.45, 7) is 0. The predicted molar refractivity (Wildman–Crippen MR) is 109 cm³/mol. The van der Waals surface area contributed by atoms with Gasteiger partial charge in [-0.05, 0) is 17.5 Å². The van der Waals surface area contributed by atoms with Crippen LogP contribution in [0.4, 0.5) is 0 Å². The Labute approximate surface area is 156 Å². The molecule has 5 aromatic rings. The van der Waals surface area contributed by atoms with Gasteiger partial charge in [-0.1, -0.05) is 78.9 Å². The second-order valence-electron chi connectivity index (χ2n) is 6.46. The molecule has 0 aliphatic carbocycles. The summed E-state index contributed by atoms with van der Waals surface area (Å²) in [7, 11) is 0. The second kappa shape index (κ2) is 6.22. The lowest BCUT2D eigenvalue weighted by atomic mass is 10.0. The summed E-state index contributed by atoms with van der Waals surface area (Å²) in [5, 5.41) is 13.7. The molecule has 1 N–H and O–H groups in total. The first-order valence-electron chi connectivity index (χ1n) is 8.84. The number of hydrogen-bond acceptors (Lipinski definition) is 3. The van der Waals surface area contributed by atoms with E-state index < -0.39 is 0 Å². The molecule has 0 amide bonds. The molecule has 1 heterocycles. The summed E-state index contributed by atoms with van der Waals surface area (Å²) in [5.74, 6) is 0.879. The summed E-state index contributed by atoms with van der Waals surface area (Å²) in [5.41, 5.74) is 3.36. The number of aliphatic hydroxyl groups is 1. The van der Waals surface area contributed by atoms with Gasteiger partial charge < -0.3 is 5.11 Å². The van der Waals surface area contributed by atoms with Crippen LogP contribution >= 0.6 is 0 Å². The van der Waals surface area contributed by atoms with Crippen molar-refractivity contribution in [1.82, 2.24) is 9.97 Å². The van der Waals surface area contributed by atoms with Crippen molar-refractivity contribution in [3.05, 3.63) is 102 Å². The zero-order chi connectivity index (χ0) is 18.2. The van der Waals surface area contributed by atoms with Crippen LogP contribution in [0.3, 0.4) is 0 Å². The third-order valence-corrected chi connectivity index (χ3v) is 4.77. The first-order valence-corrected chi connectivity index (χ1v) is 8.84. The van der Waals surface area contributed by atoms with Crippen LogP contribution in [0.15, 0.2) is 91.0 Å². The molecule has 128 valence electrons. The maximum atomic E-state index is 11.0. The molecular formula is C24H16N2O. The largest absolute Gasteiger partial charge is 0.507 e. The molecule has 0 aliphatic rings. The third kappa shape index (κ3) is 2.61. The van der Waals surface area contributed by atoms with Gasteiger partial charge in [0.05, 0.1) is 11.0 Å². The van der Waals surface area contributed by atoms with Crippen molar-refractivity contribution < 1.29 is 5.11 Å². The molecule has 0 saturated carbocycles. The highest BCUT2D eigenvalue weighted by atomic mass is 16.3. The van der Waals surface area contributed by atoms with Crippen molar-refractivity contribution in [3.63, 3.8) is 0 Å². The van der Waals surface area contributed by atoms with Gasteiger partial charge in [0, 0.05) is 21.7 Å². The Hall–Kier alpha value is -3.72. The number of hydrogen-bond donors (Lipinski definition) is 1. The molecule has 0 saturated heterocycles. The lowest BCUT2D eigenvalue weighted by Gasteiger charge is -2.09. The molecule has 3 heteroatoms. The van der Waals surface area contributed by atoms with E-state index in [1.807, 2.05) is 91.0 Å². The Kier molecular flexibility index (Phi) is 3.58. The van der Waals surface area contributed by atoms with Crippen molar-refractivity contribution in [1.29, 1.82) is 0 Å². The van der Waals surface area contributed by atoms with Crippen LogP contribution in [0.2, 0.25) is 0 Å². The van der Waals surface area contributed by atoms with Gasteiger partial charge in [-0.2, -0.15) is 0 Å². The van der Waals surface area contributed by atoms with Gasteiger partial charge in [0.1, 0.15) is 5.76 Å². The number of benzene rings is 4. The monoisotopic (exact) mass is 348 g/mol. The summed E-state index contributed by atoms with van der Waals surface area (Å²) >= 11 is 0. The van der Waals surface area contributed by atoms with E-state index >= 15 is 0 Å². The Morgan fingerprint density at radius 3 is 2.19 bits per heavy atom. The lowest BCUT2D eigenvalue weighted by molar-refractivity contribution is 0.508. The van der Waals surface area contributed by atoms with Crippen LogP contribution in [0.1, 0.15) is 5.56 Å². The molecule has 3 nitrogen and oxygen atoms in total. The highest BCUT2D eigenvalue weighted by Gasteiger charge is 2.12. The van der Waals surface area contributed by atoms with E-state index in [9.17, 15) is 5.11 Å². The Balaban J connectivity index is 1.92. The van der Waals surface area contributed by atoms with E-state index in [2.05, 4.69) is 0 Å². The fourth-order valence-corrected chi connectivity index (χ4v) is 3.45. The molecule has 1 aromatic heterocycles. The van der Waals surface area contributed by atoms with E-state index in [1.165, 1.54) is 0 Å². The van der Waals surface area contributed by atoms with Crippen LogP contribution in [-0.4, -0.2) is 15.1 Å². The van der Waals surface area contributed by atoms with Gasteiger partial charge in [0.15, 0.2) is 5.82 Å². The lowest BCUT2D eigenvalue weighted by Crippen LogP contribution is -2.11. The van der Waals surface area contributed by atoms with E-state index in [0.717, 1.165) is 32.9 Å². The van der Waals surface area contributed by atoms with E-state index in [-0.39, 0.29) is 5.76 Å². The maximum absolute atomic E-state index is 11.0. The van der Waals surface area contributed by atoms with Crippen molar-refractivity contribution in [3.8, 4) is 11.4 Å². The van der Waals surface area contributed by atoms with Crippen molar-refractivity contribution >= 4 is 27.6 Å². The standard InChI is InChI=1S/C24H16N2O/c27-23(17-8-3-1-4-9-17)19-15-14-16-12-7-13-20-21(16)22(19)26-24(25-20)18-10-5-2-6-11-18/h1-15,27H. The van der Waals surface area contributed by atoms with Gasteiger partial charge >= 0.3 is 0 Å². The number of aliphatic hydroxyl groups excluding tert-OH is 1. The Morgan fingerprint density at radius 2 is 1.41 bits per heavy atom. The average molecular weight is 348 g/mol. The molecule has 5 rings (SSSR count). The highest BCUT2D eigenvalue weighted by Crippen LogP contribution is 2.26. The fourth-order valence-electron chi connectivity index (χ4n) is 3.45. The highest BCUT2D eigenvalue weighted by molar-refractivity contribution is 6.08. The van der Waals surface area contributed by atoms with Gasteiger partial charge in [0.2, 0.25) is 0 Å². The van der Waals surface area contributed by atoms with Gasteiger partial charge in [-0.25, -0.2) is 9.97 Å². The van der Waals surface area contributed by atoms with Gasteiger partial charge in [0.25, 0.3) is 0 Å². The molecule has 4 aromatic carbocycles. The molecule has 0 fully saturated rings. The minimum atomic E-state index is 0.223. The van der Waals surface area contributed by atoms with E-state index in [0.29, 0.717) is 11.0 Å². The zero-order valence-electron chi connectivity index (χ0n) is 14.5. The average Bonchev–Trinajstić information content (AvgIpc) is 2.75. The van der Waals surface area contributed by atoms with Gasteiger partial charge in [-0.15, -0.1) is 0 Å². The molecule has 0 atom stereocenters. The van der Waals surface area contributed by atoms with Crippen LogP contribution in [0, 0.1) is 0 Å². The normalized spacial score (nSPS) is 12.4. The molecule has 0 spiro atoms. The quantitative estimate of drug-likeness (QED) is 0.494. The third-order valence-electron chi connectivity index (χ3n) is 4.77. The summed E-state index contributed by atoms with van der Waals surface area (Å²) in [6.07, 6.45) is 0. The van der Waals surface area contributed by atoms with Crippen LogP contribution < -0.4 is 5.22 Å². The van der Waals surface area contributed by atoms with Gasteiger partial charge in [-0.3, -0.25) is 0 Å². The molecule has 27 heavy (non-hydrogen) atoms. The SMILES string of the molecule is OC(c1ccccc1)=c1ccc2cccc3nc(-c4ccccc4)nc1c23. The number of rotatable bonds is 2. The molecule has 0 radical (unpaired) electrons. The fraction of sp³-hybridized carbons (Fsp3) is 0. The zero-order valence-corrected chi connectivity index (χ0v) is 14.5. The van der Waals surface area contributed by atoms with Crippen molar-refractivity contribution in [2.75, 3.05) is 0 Å². The minimum Gasteiger partial charge on any atom is -0.507 e. The first-order chi connectivity index (χ1) is 13.3.